The number of furan rings is 1. The molecule has 0 amide bonds. The molecule has 1 aromatic carbocycles. The van der Waals surface area contributed by atoms with Crippen LogP contribution in [0.15, 0.2) is 33.8 Å². The van der Waals surface area contributed by atoms with E-state index in [9.17, 15) is 13.5 Å². The van der Waals surface area contributed by atoms with Gasteiger partial charge in [0.2, 0.25) is 10.0 Å². The molecule has 0 spiro atoms. The van der Waals surface area contributed by atoms with Gasteiger partial charge in [0.25, 0.3) is 0 Å². The largest absolute Gasteiger partial charge is 0.504 e. The summed E-state index contributed by atoms with van der Waals surface area (Å²) in [5.41, 5.74) is 1.04. The molecule has 1 atom stereocenters. The third kappa shape index (κ3) is 5.34. The van der Waals surface area contributed by atoms with Crippen molar-refractivity contribution in [3.8, 4) is 5.75 Å². The van der Waals surface area contributed by atoms with Gasteiger partial charge in [-0.3, -0.25) is 0 Å². The average Bonchev–Trinajstić information content (AvgIpc) is 3.55. The van der Waals surface area contributed by atoms with Crippen LogP contribution in [0, 0.1) is 5.41 Å². The minimum Gasteiger partial charge on any atom is -0.504 e. The van der Waals surface area contributed by atoms with Gasteiger partial charge in [-0.1, -0.05) is 46.2 Å². The monoisotopic (exact) mass is 553 g/mol. The quantitative estimate of drug-likeness (QED) is 0.276. The van der Waals surface area contributed by atoms with Gasteiger partial charge in [0.15, 0.2) is 17.4 Å². The fourth-order valence-corrected chi connectivity index (χ4v) is 6.70. The summed E-state index contributed by atoms with van der Waals surface area (Å²) < 4.78 is 42.3. The number of rotatable bonds is 8. The lowest BCUT2D eigenvalue weighted by Crippen LogP contribution is -2.28. The van der Waals surface area contributed by atoms with Crippen molar-refractivity contribution in [3.05, 3.63) is 40.8 Å². The molecule has 1 unspecified atom stereocenters. The van der Waals surface area contributed by atoms with Crippen molar-refractivity contribution in [2.24, 2.45) is 5.41 Å². The lowest BCUT2D eigenvalue weighted by Gasteiger charge is -2.30. The number of sulfonamides is 1. The van der Waals surface area contributed by atoms with Crippen molar-refractivity contribution in [3.63, 3.8) is 0 Å². The van der Waals surface area contributed by atoms with E-state index in [2.05, 4.69) is 54.0 Å². The summed E-state index contributed by atoms with van der Waals surface area (Å²) >= 11 is 7.24. The highest BCUT2D eigenvalue weighted by Crippen LogP contribution is 2.42. The Balaban J connectivity index is 1.64. The number of phenols is 1. The molecule has 3 heterocycles. The molecular weight excluding hydrogens is 522 g/mol. The first-order valence-corrected chi connectivity index (χ1v) is 14.4. The topological polar surface area (TPSA) is 121 Å². The van der Waals surface area contributed by atoms with E-state index >= 15 is 0 Å². The molecular formula is C24H32ClN5O4S2. The molecule has 2 aromatic heterocycles. The highest BCUT2D eigenvalue weighted by atomic mass is 35.5. The summed E-state index contributed by atoms with van der Waals surface area (Å²) in [6.45, 7) is 11.3. The summed E-state index contributed by atoms with van der Waals surface area (Å²) in [7, 11) is -3.94. The summed E-state index contributed by atoms with van der Waals surface area (Å²) in [5.74, 6) is 1.47. The molecule has 1 saturated heterocycles. The average molecular weight is 554 g/mol. The Bertz CT molecular complexity index is 1320. The van der Waals surface area contributed by atoms with Crippen molar-refractivity contribution >= 4 is 50.7 Å². The van der Waals surface area contributed by atoms with E-state index < -0.39 is 15.8 Å². The molecule has 1 aliphatic heterocycles. The van der Waals surface area contributed by atoms with Crippen LogP contribution in [-0.4, -0.2) is 39.7 Å². The van der Waals surface area contributed by atoms with Gasteiger partial charge in [-0.25, -0.2) is 8.42 Å². The molecule has 9 nitrogen and oxygen atoms in total. The van der Waals surface area contributed by atoms with Crippen LogP contribution in [0.2, 0.25) is 5.02 Å². The van der Waals surface area contributed by atoms with E-state index in [4.69, 9.17) is 16.0 Å². The first-order chi connectivity index (χ1) is 16.9. The number of hydrogen-bond acceptors (Lipinski definition) is 9. The number of aromatic hydroxyl groups is 1. The molecule has 0 radical (unpaired) electrons. The number of phenolic OH excluding ortho intramolecular Hbond substituents is 1. The summed E-state index contributed by atoms with van der Waals surface area (Å²) in [4.78, 5) is -0.307. The number of halogens is 1. The first kappa shape index (κ1) is 26.7. The van der Waals surface area contributed by atoms with E-state index in [1.165, 1.54) is 16.4 Å². The van der Waals surface area contributed by atoms with Crippen LogP contribution >= 0.6 is 23.3 Å². The van der Waals surface area contributed by atoms with Crippen molar-refractivity contribution in [2.45, 2.75) is 64.3 Å². The Labute approximate surface area is 221 Å². The summed E-state index contributed by atoms with van der Waals surface area (Å²) in [5, 5.41) is 17.4. The molecule has 3 N–H and O–H groups in total. The fraction of sp³-hybridized carbons (Fsp3) is 0.500. The second-order valence-corrected chi connectivity index (χ2v) is 13.2. The zero-order chi connectivity index (χ0) is 26.3. The third-order valence-corrected chi connectivity index (χ3v) is 9.16. The van der Waals surface area contributed by atoms with Crippen LogP contribution in [0.4, 0.5) is 17.3 Å². The van der Waals surface area contributed by atoms with Gasteiger partial charge in [0.1, 0.15) is 10.7 Å². The first-order valence-electron chi connectivity index (χ1n) is 11.9. The van der Waals surface area contributed by atoms with Gasteiger partial charge in [0, 0.05) is 13.1 Å². The fourth-order valence-electron chi connectivity index (χ4n) is 4.12. The second-order valence-electron chi connectivity index (χ2n) is 10.4. The van der Waals surface area contributed by atoms with Crippen molar-refractivity contribution < 1.29 is 17.9 Å². The van der Waals surface area contributed by atoms with Crippen molar-refractivity contribution in [2.75, 3.05) is 23.7 Å². The zero-order valence-electron chi connectivity index (χ0n) is 21.0. The highest BCUT2D eigenvalue weighted by Gasteiger charge is 2.34. The maximum Gasteiger partial charge on any atom is 0.248 e. The van der Waals surface area contributed by atoms with Crippen molar-refractivity contribution in [1.29, 1.82) is 0 Å². The Morgan fingerprint density at radius 3 is 2.44 bits per heavy atom. The third-order valence-electron chi connectivity index (χ3n) is 6.23. The molecule has 12 heteroatoms. The second kappa shape index (κ2) is 10.2. The molecule has 3 aromatic rings. The van der Waals surface area contributed by atoms with Gasteiger partial charge in [-0.2, -0.15) is 13.1 Å². The lowest BCUT2D eigenvalue weighted by molar-refractivity contribution is 0.303. The Hall–Kier alpha value is -2.34. The molecule has 0 saturated carbocycles. The van der Waals surface area contributed by atoms with Gasteiger partial charge < -0.3 is 20.2 Å². The lowest BCUT2D eigenvalue weighted by atomic mass is 9.85. The summed E-state index contributed by atoms with van der Waals surface area (Å²) in [6.07, 6.45) is 3.32. The Morgan fingerprint density at radius 1 is 1.17 bits per heavy atom. The molecule has 196 valence electrons. The standard InChI is InChI=1S/C24H32ClN5O4S2/c1-14(2)15-12-18(34-13-15)21(24(3,4)5)27-23-22(28-35-29-23)26-17-9-8-16(25)20(19(17)31)36(32,33)30-10-6-7-11-30/h8-9,12-14,21,31H,6-7,10-11H2,1-5H3,(H,26,28)(H,27,29). The van der Waals surface area contributed by atoms with Gasteiger partial charge >= 0.3 is 0 Å². The molecule has 1 fully saturated rings. The number of hydrogen-bond donors (Lipinski definition) is 3. The van der Waals surface area contributed by atoms with Crippen LogP contribution in [0.3, 0.4) is 0 Å². The molecule has 0 bridgehead atoms. The van der Waals surface area contributed by atoms with Gasteiger partial charge in [0.05, 0.1) is 34.7 Å². The van der Waals surface area contributed by atoms with E-state index in [1.54, 1.807) is 6.26 Å². The SMILES string of the molecule is CC(C)c1coc(C(Nc2nsnc2Nc2ccc(Cl)c(S(=O)(=O)N3CCCC3)c2O)C(C)(C)C)c1. The van der Waals surface area contributed by atoms with E-state index in [0.717, 1.165) is 35.9 Å². The van der Waals surface area contributed by atoms with Crippen LogP contribution in [0.5, 0.6) is 5.75 Å². The molecule has 0 aliphatic carbocycles. The number of nitrogens with zero attached hydrogens (tertiary/aromatic N) is 3. The van der Waals surface area contributed by atoms with E-state index in [-0.39, 0.29) is 27.1 Å². The van der Waals surface area contributed by atoms with Crippen LogP contribution in [0.25, 0.3) is 0 Å². The van der Waals surface area contributed by atoms with Crippen LogP contribution in [0.1, 0.15) is 70.7 Å². The number of benzene rings is 1. The Kier molecular flexibility index (Phi) is 7.57. The maximum absolute atomic E-state index is 13.2. The predicted molar refractivity (Wildman–Crippen MR) is 143 cm³/mol. The Morgan fingerprint density at radius 2 is 1.83 bits per heavy atom. The van der Waals surface area contributed by atoms with Crippen LogP contribution in [-0.2, 0) is 10.0 Å². The zero-order valence-corrected chi connectivity index (χ0v) is 23.4. The van der Waals surface area contributed by atoms with Crippen LogP contribution < -0.4 is 10.6 Å². The number of nitrogens with one attached hydrogen (secondary N) is 2. The minimum absolute atomic E-state index is 0.0359. The molecule has 36 heavy (non-hydrogen) atoms. The van der Waals surface area contributed by atoms with Crippen molar-refractivity contribution in [1.82, 2.24) is 13.1 Å². The number of anilines is 3. The minimum atomic E-state index is -3.94. The van der Waals surface area contributed by atoms with Gasteiger partial charge in [-0.15, -0.1) is 0 Å². The predicted octanol–water partition coefficient (Wildman–Crippen LogP) is 6.34. The normalized spacial score (nSPS) is 16.0. The van der Waals surface area contributed by atoms with Gasteiger partial charge in [-0.05, 0) is 47.9 Å². The highest BCUT2D eigenvalue weighted by molar-refractivity contribution is 7.89. The van der Waals surface area contributed by atoms with E-state index in [1.807, 2.05) is 6.07 Å². The van der Waals surface area contributed by atoms with E-state index in [0.29, 0.717) is 30.6 Å². The number of aromatic nitrogens is 2. The smallest absolute Gasteiger partial charge is 0.248 e. The summed E-state index contributed by atoms with van der Waals surface area (Å²) in [6, 6.07) is 4.79. The molecule has 4 rings (SSSR count). The maximum atomic E-state index is 13.2. The molecule has 1 aliphatic rings.